The predicted molar refractivity (Wildman–Crippen MR) is 65.9 cm³/mol. The summed E-state index contributed by atoms with van der Waals surface area (Å²) in [6.45, 7) is 0. The molecule has 1 aromatic heterocycles. The van der Waals surface area contributed by atoms with Crippen LogP contribution >= 0.6 is 45.2 Å². The van der Waals surface area contributed by atoms with E-state index in [4.69, 9.17) is 10.8 Å². The first kappa shape index (κ1) is 11.9. The Kier molecular flexibility index (Phi) is 3.89. The maximum Gasteiger partial charge on any atom is 0.326 e. The molecule has 0 aliphatic heterocycles. The molecule has 0 amide bonds. The molecule has 1 heterocycles. The number of carboxylic acid groups (broad SMARTS) is 1. The van der Waals surface area contributed by atoms with Gasteiger partial charge in [-0.3, -0.25) is 4.79 Å². The van der Waals surface area contributed by atoms with Crippen LogP contribution in [0, 0.1) is 7.27 Å². The van der Waals surface area contributed by atoms with E-state index in [1.165, 1.54) is 0 Å². The average Bonchev–Trinajstić information content (AvgIpc) is 2.09. The molecule has 76 valence electrons. The topological polar surface area (TPSA) is 96.4 Å². The van der Waals surface area contributed by atoms with Gasteiger partial charge < -0.3 is 15.9 Å². The van der Waals surface area contributed by atoms with Crippen molar-refractivity contribution < 1.29 is 15.0 Å². The minimum absolute atomic E-state index is 0.00574. The lowest BCUT2D eigenvalue weighted by atomic mass is 10.2. The smallest absolute Gasteiger partial charge is 0.326 e. The van der Waals surface area contributed by atoms with Crippen LogP contribution in [0.3, 0.4) is 0 Å². The molecular formula is C7H6I2N2O3. The van der Waals surface area contributed by atoms with Crippen molar-refractivity contribution in [2.24, 2.45) is 5.73 Å². The first-order valence-electron chi connectivity index (χ1n) is 3.46. The van der Waals surface area contributed by atoms with Crippen LogP contribution in [-0.4, -0.2) is 21.2 Å². The molecule has 1 rings (SSSR count). The highest BCUT2D eigenvalue weighted by molar-refractivity contribution is 14.1. The normalized spacial score (nSPS) is 12.5. The maximum absolute atomic E-state index is 10.6. The van der Waals surface area contributed by atoms with Crippen molar-refractivity contribution in [3.05, 3.63) is 19.0 Å². The Morgan fingerprint density at radius 1 is 1.57 bits per heavy atom. The van der Waals surface area contributed by atoms with Gasteiger partial charge in [-0.1, -0.05) is 0 Å². The molecule has 0 fully saturated rings. The van der Waals surface area contributed by atoms with Gasteiger partial charge in [0, 0.05) is 0 Å². The summed E-state index contributed by atoms with van der Waals surface area (Å²) in [5.74, 6) is -1.38. The summed E-state index contributed by atoms with van der Waals surface area (Å²) in [7, 11) is 0. The molecule has 0 aliphatic rings. The van der Waals surface area contributed by atoms with Crippen LogP contribution in [0.4, 0.5) is 0 Å². The van der Waals surface area contributed by atoms with Gasteiger partial charge in [0.2, 0.25) is 0 Å². The van der Waals surface area contributed by atoms with Crippen LogP contribution in [0.1, 0.15) is 11.7 Å². The molecule has 0 aliphatic carbocycles. The zero-order chi connectivity index (χ0) is 10.9. The molecule has 0 saturated heterocycles. The molecule has 0 aromatic carbocycles. The lowest BCUT2D eigenvalue weighted by Gasteiger charge is -2.09. The van der Waals surface area contributed by atoms with E-state index in [0.29, 0.717) is 7.27 Å². The summed E-state index contributed by atoms with van der Waals surface area (Å²) in [5.41, 5.74) is 5.34. The molecule has 0 unspecified atom stereocenters. The Labute approximate surface area is 107 Å². The number of pyridine rings is 1. The fourth-order valence-corrected chi connectivity index (χ4v) is 2.57. The molecule has 4 N–H and O–H groups in total. The van der Waals surface area contributed by atoms with Crippen molar-refractivity contribution in [3.8, 4) is 5.75 Å². The highest BCUT2D eigenvalue weighted by Crippen LogP contribution is 2.27. The molecule has 0 radical (unpaired) electrons. The second kappa shape index (κ2) is 4.57. The third kappa shape index (κ3) is 2.45. The van der Waals surface area contributed by atoms with Crippen molar-refractivity contribution in [2.75, 3.05) is 0 Å². The standard InChI is InChI=1S/C7H6I2N2O3/c8-2-1-3(9)11-5(6(2)12)4(10)7(13)14/h1,4,12H,10H2,(H,13,14)/t4-/m0/s1. The number of hydrogen-bond donors (Lipinski definition) is 3. The zero-order valence-corrected chi connectivity index (χ0v) is 11.1. The molecule has 0 spiro atoms. The highest BCUT2D eigenvalue weighted by atomic mass is 127. The molecule has 1 aromatic rings. The lowest BCUT2D eigenvalue weighted by Crippen LogP contribution is -2.22. The van der Waals surface area contributed by atoms with Crippen LogP contribution in [0.5, 0.6) is 5.75 Å². The summed E-state index contributed by atoms with van der Waals surface area (Å²) in [4.78, 5) is 14.5. The van der Waals surface area contributed by atoms with Gasteiger partial charge in [0.25, 0.3) is 0 Å². The number of rotatable bonds is 2. The molecule has 14 heavy (non-hydrogen) atoms. The number of hydrogen-bond acceptors (Lipinski definition) is 4. The first-order valence-corrected chi connectivity index (χ1v) is 5.62. The fraction of sp³-hybridized carbons (Fsp3) is 0.143. The Balaban J connectivity index is 3.26. The summed E-state index contributed by atoms with van der Waals surface area (Å²) < 4.78 is 1.13. The molecule has 5 nitrogen and oxygen atoms in total. The van der Waals surface area contributed by atoms with Crippen molar-refractivity contribution in [1.82, 2.24) is 4.98 Å². The van der Waals surface area contributed by atoms with E-state index in [0.717, 1.165) is 0 Å². The van der Waals surface area contributed by atoms with Crippen LogP contribution in [0.15, 0.2) is 6.07 Å². The van der Waals surface area contributed by atoms with Crippen molar-refractivity contribution in [3.63, 3.8) is 0 Å². The fourth-order valence-electron chi connectivity index (χ4n) is 0.829. The third-order valence-electron chi connectivity index (χ3n) is 1.50. The number of nitrogens with two attached hydrogens (primary N) is 1. The van der Waals surface area contributed by atoms with Gasteiger partial charge in [-0.15, -0.1) is 0 Å². The number of aromatic hydroxyl groups is 1. The van der Waals surface area contributed by atoms with Gasteiger partial charge >= 0.3 is 5.97 Å². The van der Waals surface area contributed by atoms with Gasteiger partial charge in [0.1, 0.15) is 15.4 Å². The van der Waals surface area contributed by atoms with Crippen LogP contribution in [-0.2, 0) is 4.79 Å². The molecule has 0 bridgehead atoms. The van der Waals surface area contributed by atoms with Gasteiger partial charge in [0.15, 0.2) is 5.75 Å². The van der Waals surface area contributed by atoms with E-state index >= 15 is 0 Å². The number of aliphatic carboxylic acids is 1. The van der Waals surface area contributed by atoms with E-state index in [2.05, 4.69) is 4.98 Å². The van der Waals surface area contributed by atoms with E-state index < -0.39 is 12.0 Å². The van der Waals surface area contributed by atoms with E-state index in [-0.39, 0.29) is 11.4 Å². The van der Waals surface area contributed by atoms with E-state index in [1.54, 1.807) is 6.07 Å². The number of halogens is 2. The Hall–Kier alpha value is -0.160. The van der Waals surface area contributed by atoms with Crippen LogP contribution in [0.25, 0.3) is 0 Å². The number of nitrogens with zero attached hydrogens (tertiary/aromatic N) is 1. The summed E-state index contributed by atoms with van der Waals surface area (Å²) in [6.07, 6.45) is 0. The SMILES string of the molecule is N[C@H](C(=O)O)c1nc(I)cc(I)c1O. The number of aromatic nitrogens is 1. The van der Waals surface area contributed by atoms with E-state index in [1.807, 2.05) is 45.2 Å². The Bertz CT molecular complexity index is 383. The summed E-state index contributed by atoms with van der Waals surface area (Å²) >= 11 is 3.82. The minimum Gasteiger partial charge on any atom is -0.505 e. The minimum atomic E-state index is -1.29. The Morgan fingerprint density at radius 3 is 2.64 bits per heavy atom. The zero-order valence-electron chi connectivity index (χ0n) is 6.74. The summed E-state index contributed by atoms with van der Waals surface area (Å²) in [6, 6.07) is 0.340. The quantitative estimate of drug-likeness (QED) is 0.492. The second-order valence-corrected chi connectivity index (χ2v) is 4.74. The molecule has 1 atom stereocenters. The summed E-state index contributed by atoms with van der Waals surface area (Å²) in [5, 5.41) is 18.2. The highest BCUT2D eigenvalue weighted by Gasteiger charge is 2.21. The van der Waals surface area contributed by atoms with Crippen molar-refractivity contribution in [1.29, 1.82) is 0 Å². The van der Waals surface area contributed by atoms with Crippen LogP contribution < -0.4 is 5.73 Å². The number of carbonyl (C=O) groups is 1. The first-order chi connectivity index (χ1) is 6.43. The van der Waals surface area contributed by atoms with Crippen LogP contribution in [0.2, 0.25) is 0 Å². The third-order valence-corrected chi connectivity index (χ3v) is 2.88. The molecular weight excluding hydrogens is 414 g/mol. The van der Waals surface area contributed by atoms with Gasteiger partial charge in [0.05, 0.1) is 3.57 Å². The Morgan fingerprint density at radius 2 is 2.14 bits per heavy atom. The van der Waals surface area contributed by atoms with Gasteiger partial charge in [-0.2, -0.15) is 0 Å². The van der Waals surface area contributed by atoms with Gasteiger partial charge in [-0.25, -0.2) is 4.98 Å². The second-order valence-electron chi connectivity index (χ2n) is 2.48. The molecule has 0 saturated carbocycles. The lowest BCUT2D eigenvalue weighted by molar-refractivity contribution is -0.138. The van der Waals surface area contributed by atoms with E-state index in [9.17, 15) is 9.90 Å². The number of carboxylic acids is 1. The predicted octanol–water partition coefficient (Wildman–Crippen LogP) is 1.08. The van der Waals surface area contributed by atoms with Gasteiger partial charge in [-0.05, 0) is 51.2 Å². The largest absolute Gasteiger partial charge is 0.505 e. The maximum atomic E-state index is 10.6. The average molecular weight is 420 g/mol. The monoisotopic (exact) mass is 420 g/mol. The molecule has 7 heteroatoms. The van der Waals surface area contributed by atoms with Crippen molar-refractivity contribution in [2.45, 2.75) is 6.04 Å². The van der Waals surface area contributed by atoms with Crippen molar-refractivity contribution >= 4 is 51.2 Å².